The van der Waals surface area contributed by atoms with Crippen LogP contribution in [0.5, 0.6) is 11.5 Å². The summed E-state index contributed by atoms with van der Waals surface area (Å²) in [6.45, 7) is 3.11. The molecule has 1 N–H and O–H groups in total. The fourth-order valence-corrected chi connectivity index (χ4v) is 4.80. The van der Waals surface area contributed by atoms with Gasteiger partial charge in [0.15, 0.2) is 0 Å². The maximum atomic E-state index is 13.2. The van der Waals surface area contributed by atoms with Crippen LogP contribution in [0, 0.1) is 5.92 Å². The summed E-state index contributed by atoms with van der Waals surface area (Å²) in [6, 6.07) is 11.7. The average Bonchev–Trinajstić information content (AvgIpc) is 3.18. The quantitative estimate of drug-likeness (QED) is 0.659. The van der Waals surface area contributed by atoms with Crippen molar-refractivity contribution < 1.29 is 19.4 Å². The lowest BCUT2D eigenvalue weighted by Gasteiger charge is -2.29. The largest absolute Gasteiger partial charge is 0.506 e. The van der Waals surface area contributed by atoms with E-state index in [9.17, 15) is 9.90 Å². The monoisotopic (exact) mass is 435 g/mol. The Morgan fingerprint density at radius 1 is 1.12 bits per heavy atom. The molecule has 5 rings (SSSR count). The Balaban J connectivity index is 1.30. The predicted molar refractivity (Wildman–Crippen MR) is 121 cm³/mol. The lowest BCUT2D eigenvalue weighted by Crippen LogP contribution is -2.40. The van der Waals surface area contributed by atoms with Crippen LogP contribution in [0.15, 0.2) is 48.8 Å². The van der Waals surface area contributed by atoms with Crippen molar-refractivity contribution in [2.45, 2.75) is 38.3 Å². The number of fused-ring (bicyclic) bond motifs is 1. The van der Waals surface area contributed by atoms with E-state index < -0.39 is 0 Å². The number of benzene rings is 1. The summed E-state index contributed by atoms with van der Waals surface area (Å²) >= 11 is 0. The molecule has 7 heteroatoms. The number of ether oxygens (including phenoxy) is 2. The van der Waals surface area contributed by atoms with Crippen LogP contribution in [0.4, 0.5) is 0 Å². The second-order valence-corrected chi connectivity index (χ2v) is 8.73. The van der Waals surface area contributed by atoms with Gasteiger partial charge in [-0.15, -0.1) is 0 Å². The van der Waals surface area contributed by atoms with Crippen molar-refractivity contribution in [3.8, 4) is 11.5 Å². The molecule has 32 heavy (non-hydrogen) atoms. The molecule has 0 bridgehead atoms. The maximum absolute atomic E-state index is 13.2. The summed E-state index contributed by atoms with van der Waals surface area (Å²) in [4.78, 5) is 19.4. The van der Waals surface area contributed by atoms with Crippen LogP contribution in [0.3, 0.4) is 0 Å². The van der Waals surface area contributed by atoms with E-state index in [1.807, 2.05) is 41.4 Å². The smallest absolute Gasteiger partial charge is 0.257 e. The molecule has 0 radical (unpaired) electrons. The normalized spacial score (nSPS) is 21.6. The molecule has 3 aromatic rings. The third kappa shape index (κ3) is 4.43. The maximum Gasteiger partial charge on any atom is 0.257 e. The standard InChI is InChI=1S/C25H29N3O4/c29-19-14-23-24(26-15-19)22(25(30)27-10-12-31-13-11-27)17-28(23)16-18-6-8-21(9-7-18)32-20-4-2-1-3-5-20/h1-5,14-15,17-18,21,29H,6-13,16H2. The molecule has 1 aliphatic carbocycles. The average molecular weight is 436 g/mol. The minimum Gasteiger partial charge on any atom is -0.506 e. The summed E-state index contributed by atoms with van der Waals surface area (Å²) < 4.78 is 13.6. The third-order valence-corrected chi connectivity index (χ3v) is 6.53. The fraction of sp³-hybridized carbons (Fsp3) is 0.440. The molecule has 1 saturated heterocycles. The summed E-state index contributed by atoms with van der Waals surface area (Å²) in [5.41, 5.74) is 2.06. The van der Waals surface area contributed by atoms with Crippen LogP contribution >= 0.6 is 0 Å². The molecule has 2 aliphatic rings. The highest BCUT2D eigenvalue weighted by molar-refractivity contribution is 6.05. The van der Waals surface area contributed by atoms with Gasteiger partial charge in [0.1, 0.15) is 17.0 Å². The highest BCUT2D eigenvalue weighted by Crippen LogP contribution is 2.31. The van der Waals surface area contributed by atoms with Crippen LogP contribution in [0.25, 0.3) is 11.0 Å². The first-order valence-corrected chi connectivity index (χ1v) is 11.4. The number of nitrogens with zero attached hydrogens (tertiary/aromatic N) is 3. The van der Waals surface area contributed by atoms with Crippen molar-refractivity contribution >= 4 is 16.9 Å². The molecule has 0 spiro atoms. The minimum atomic E-state index is -0.0183. The third-order valence-electron chi connectivity index (χ3n) is 6.53. The number of aromatic nitrogens is 2. The molecule has 0 unspecified atom stereocenters. The Morgan fingerprint density at radius 2 is 1.88 bits per heavy atom. The molecule has 1 aliphatic heterocycles. The number of pyridine rings is 1. The van der Waals surface area contributed by atoms with E-state index in [0.29, 0.717) is 43.3 Å². The van der Waals surface area contributed by atoms with E-state index in [1.165, 1.54) is 6.20 Å². The highest BCUT2D eigenvalue weighted by atomic mass is 16.5. The van der Waals surface area contributed by atoms with Gasteiger partial charge in [-0.2, -0.15) is 0 Å². The van der Waals surface area contributed by atoms with Gasteiger partial charge >= 0.3 is 0 Å². The number of hydrogen-bond donors (Lipinski definition) is 1. The van der Waals surface area contributed by atoms with E-state index >= 15 is 0 Å². The van der Waals surface area contributed by atoms with Gasteiger partial charge in [0, 0.05) is 31.9 Å². The molecule has 2 aromatic heterocycles. The molecule has 3 heterocycles. The van der Waals surface area contributed by atoms with E-state index in [2.05, 4.69) is 9.55 Å². The minimum absolute atomic E-state index is 0.0183. The van der Waals surface area contributed by atoms with Gasteiger partial charge in [-0.25, -0.2) is 4.98 Å². The van der Waals surface area contributed by atoms with E-state index in [4.69, 9.17) is 9.47 Å². The second kappa shape index (κ2) is 9.20. The van der Waals surface area contributed by atoms with Crippen molar-refractivity contribution in [3.05, 3.63) is 54.4 Å². The SMILES string of the molecule is O=C(c1cn(CC2CCC(Oc3ccccc3)CC2)c2cc(O)cnc12)N1CCOCC1. The van der Waals surface area contributed by atoms with Crippen LogP contribution in [0.2, 0.25) is 0 Å². The lowest BCUT2D eigenvalue weighted by atomic mass is 9.87. The topological polar surface area (TPSA) is 76.8 Å². The number of para-hydroxylation sites is 1. The van der Waals surface area contributed by atoms with Crippen molar-refractivity contribution in [1.82, 2.24) is 14.5 Å². The van der Waals surface area contributed by atoms with Crippen molar-refractivity contribution in [2.75, 3.05) is 26.3 Å². The molecular formula is C25H29N3O4. The molecule has 1 saturated carbocycles. The summed E-state index contributed by atoms with van der Waals surface area (Å²) in [5, 5.41) is 10.0. The van der Waals surface area contributed by atoms with Gasteiger partial charge in [-0.1, -0.05) is 18.2 Å². The first kappa shape index (κ1) is 20.8. The number of hydrogen-bond acceptors (Lipinski definition) is 5. The molecular weight excluding hydrogens is 406 g/mol. The van der Waals surface area contributed by atoms with E-state index in [-0.39, 0.29) is 17.8 Å². The first-order chi connectivity index (χ1) is 15.7. The number of aromatic hydroxyl groups is 1. The number of carbonyl (C=O) groups excluding carboxylic acids is 1. The highest BCUT2D eigenvalue weighted by Gasteiger charge is 2.26. The zero-order chi connectivity index (χ0) is 21.9. The molecule has 1 aromatic carbocycles. The van der Waals surface area contributed by atoms with Crippen molar-refractivity contribution in [2.24, 2.45) is 5.92 Å². The Labute approximate surface area is 187 Å². The zero-order valence-electron chi connectivity index (χ0n) is 18.2. The number of carbonyl (C=O) groups is 1. The molecule has 0 atom stereocenters. The van der Waals surface area contributed by atoms with Gasteiger partial charge in [-0.3, -0.25) is 4.79 Å². The Bertz CT molecular complexity index is 1070. The number of amides is 1. The van der Waals surface area contributed by atoms with Gasteiger partial charge in [0.25, 0.3) is 5.91 Å². The first-order valence-electron chi connectivity index (χ1n) is 11.4. The number of rotatable bonds is 5. The lowest BCUT2D eigenvalue weighted by molar-refractivity contribution is 0.0304. The summed E-state index contributed by atoms with van der Waals surface area (Å²) in [7, 11) is 0. The Kier molecular flexibility index (Phi) is 5.99. The van der Waals surface area contributed by atoms with Gasteiger partial charge in [0.05, 0.1) is 36.6 Å². The van der Waals surface area contributed by atoms with Crippen molar-refractivity contribution in [1.29, 1.82) is 0 Å². The van der Waals surface area contributed by atoms with Crippen LogP contribution in [-0.4, -0.2) is 57.9 Å². The zero-order valence-corrected chi connectivity index (χ0v) is 18.2. The van der Waals surface area contributed by atoms with Crippen LogP contribution < -0.4 is 4.74 Å². The molecule has 1 amide bonds. The van der Waals surface area contributed by atoms with E-state index in [0.717, 1.165) is 43.5 Å². The Morgan fingerprint density at radius 3 is 2.62 bits per heavy atom. The van der Waals surface area contributed by atoms with Gasteiger partial charge < -0.3 is 24.0 Å². The molecule has 7 nitrogen and oxygen atoms in total. The van der Waals surface area contributed by atoms with Gasteiger partial charge in [0.2, 0.25) is 0 Å². The molecule has 2 fully saturated rings. The van der Waals surface area contributed by atoms with E-state index in [1.54, 1.807) is 6.07 Å². The van der Waals surface area contributed by atoms with Crippen LogP contribution in [0.1, 0.15) is 36.0 Å². The summed E-state index contributed by atoms with van der Waals surface area (Å²) in [5.74, 6) is 1.52. The number of morpholine rings is 1. The van der Waals surface area contributed by atoms with Crippen LogP contribution in [-0.2, 0) is 11.3 Å². The van der Waals surface area contributed by atoms with Crippen molar-refractivity contribution in [3.63, 3.8) is 0 Å². The van der Waals surface area contributed by atoms with Gasteiger partial charge in [-0.05, 0) is 43.7 Å². The predicted octanol–water partition coefficient (Wildman–Crippen LogP) is 3.85. The second-order valence-electron chi connectivity index (χ2n) is 8.73. The Hall–Kier alpha value is -3.06. The summed E-state index contributed by atoms with van der Waals surface area (Å²) in [6.07, 6.45) is 7.74. The fourth-order valence-electron chi connectivity index (χ4n) is 4.80. The molecule has 168 valence electrons.